The van der Waals surface area contributed by atoms with Crippen molar-refractivity contribution in [3.63, 3.8) is 0 Å². The molecule has 1 amide bonds. The van der Waals surface area contributed by atoms with E-state index in [1.165, 1.54) is 12.8 Å². The van der Waals surface area contributed by atoms with Crippen molar-refractivity contribution in [2.24, 2.45) is 11.7 Å². The molecule has 1 atom stereocenters. The fourth-order valence-electron chi connectivity index (χ4n) is 2.56. The maximum atomic E-state index is 12.1. The summed E-state index contributed by atoms with van der Waals surface area (Å²) in [6.45, 7) is 6.01. The van der Waals surface area contributed by atoms with Gasteiger partial charge >= 0.3 is 0 Å². The van der Waals surface area contributed by atoms with Crippen LogP contribution in [0, 0.1) is 5.92 Å². The minimum Gasteiger partial charge on any atom is -0.380 e. The molecule has 0 aromatic carbocycles. The Hall–Kier alpha value is -0.610. The van der Waals surface area contributed by atoms with E-state index >= 15 is 0 Å². The maximum absolute atomic E-state index is 12.1. The van der Waals surface area contributed by atoms with E-state index in [0.29, 0.717) is 24.9 Å². The monoisotopic (exact) mass is 256 g/mol. The highest BCUT2D eigenvalue weighted by Gasteiger charge is 2.17. The third-order valence-electron chi connectivity index (χ3n) is 3.61. The molecule has 0 aromatic heterocycles. The highest BCUT2D eigenvalue weighted by Crippen LogP contribution is 2.18. The summed E-state index contributed by atoms with van der Waals surface area (Å²) in [7, 11) is 0. The van der Waals surface area contributed by atoms with Crippen LogP contribution in [0.15, 0.2) is 0 Å². The minimum atomic E-state index is 0.290. The number of rotatable bonds is 7. The zero-order valence-corrected chi connectivity index (χ0v) is 11.7. The van der Waals surface area contributed by atoms with Gasteiger partial charge in [-0.2, -0.15) is 0 Å². The second-order valence-electron chi connectivity index (χ2n) is 5.12. The van der Waals surface area contributed by atoms with Crippen molar-refractivity contribution in [3.05, 3.63) is 0 Å². The predicted octanol–water partition coefficient (Wildman–Crippen LogP) is 1.78. The quantitative estimate of drug-likeness (QED) is 0.755. The van der Waals surface area contributed by atoms with Crippen molar-refractivity contribution in [1.29, 1.82) is 0 Å². The lowest BCUT2D eigenvalue weighted by Crippen LogP contribution is -2.33. The van der Waals surface area contributed by atoms with Gasteiger partial charge in [-0.25, -0.2) is 0 Å². The number of hydrogen-bond acceptors (Lipinski definition) is 3. The van der Waals surface area contributed by atoms with Crippen LogP contribution in [0.3, 0.4) is 0 Å². The molecule has 2 N–H and O–H groups in total. The number of ether oxygens (including phenoxy) is 1. The summed E-state index contributed by atoms with van der Waals surface area (Å²) in [6.07, 6.45) is 6.03. The third-order valence-corrected chi connectivity index (χ3v) is 3.61. The molecule has 1 aliphatic rings. The van der Waals surface area contributed by atoms with Crippen molar-refractivity contribution in [2.75, 3.05) is 32.8 Å². The SMILES string of the molecule is CCCC(CCN)CCC(=O)N1CCCOCC1. The summed E-state index contributed by atoms with van der Waals surface area (Å²) in [4.78, 5) is 14.1. The Morgan fingerprint density at radius 1 is 1.28 bits per heavy atom. The first-order valence-corrected chi connectivity index (χ1v) is 7.33. The van der Waals surface area contributed by atoms with Crippen LogP contribution in [0.25, 0.3) is 0 Å². The second-order valence-corrected chi connectivity index (χ2v) is 5.12. The second kappa shape index (κ2) is 9.34. The first kappa shape index (κ1) is 15.4. The van der Waals surface area contributed by atoms with E-state index in [1.807, 2.05) is 4.90 Å². The minimum absolute atomic E-state index is 0.290. The van der Waals surface area contributed by atoms with Crippen LogP contribution >= 0.6 is 0 Å². The summed E-state index contributed by atoms with van der Waals surface area (Å²) >= 11 is 0. The highest BCUT2D eigenvalue weighted by atomic mass is 16.5. The van der Waals surface area contributed by atoms with Crippen molar-refractivity contribution >= 4 is 5.91 Å². The highest BCUT2D eigenvalue weighted by molar-refractivity contribution is 5.76. The Morgan fingerprint density at radius 3 is 2.83 bits per heavy atom. The van der Waals surface area contributed by atoms with Crippen molar-refractivity contribution in [3.8, 4) is 0 Å². The largest absolute Gasteiger partial charge is 0.380 e. The van der Waals surface area contributed by atoms with E-state index in [1.54, 1.807) is 0 Å². The molecule has 1 aliphatic heterocycles. The Balaban J connectivity index is 2.28. The molecule has 0 bridgehead atoms. The molecule has 106 valence electrons. The Bertz CT molecular complexity index is 220. The Labute approximate surface area is 111 Å². The molecule has 0 spiro atoms. The molecule has 18 heavy (non-hydrogen) atoms. The fraction of sp³-hybridized carbons (Fsp3) is 0.929. The van der Waals surface area contributed by atoms with Crippen LogP contribution in [0.4, 0.5) is 0 Å². The van der Waals surface area contributed by atoms with Crippen molar-refractivity contribution in [2.45, 2.75) is 45.4 Å². The molecule has 0 aromatic rings. The molecule has 1 fully saturated rings. The number of carbonyl (C=O) groups is 1. The van der Waals surface area contributed by atoms with E-state index < -0.39 is 0 Å². The summed E-state index contributed by atoms with van der Waals surface area (Å²) in [6, 6.07) is 0. The molecule has 0 saturated carbocycles. The molecular formula is C14H28N2O2. The van der Waals surface area contributed by atoms with E-state index in [4.69, 9.17) is 10.5 Å². The summed E-state index contributed by atoms with van der Waals surface area (Å²) in [5, 5.41) is 0. The van der Waals surface area contributed by atoms with Gasteiger partial charge in [0.2, 0.25) is 5.91 Å². The van der Waals surface area contributed by atoms with Gasteiger partial charge in [0, 0.05) is 26.1 Å². The molecule has 4 nitrogen and oxygen atoms in total. The molecule has 1 saturated heterocycles. The van der Waals surface area contributed by atoms with Gasteiger partial charge in [0.1, 0.15) is 0 Å². The number of carbonyl (C=O) groups excluding carboxylic acids is 1. The van der Waals surface area contributed by atoms with E-state index in [0.717, 1.165) is 45.5 Å². The predicted molar refractivity (Wildman–Crippen MR) is 73.3 cm³/mol. The normalized spacial score (nSPS) is 18.4. The number of nitrogens with two attached hydrogens (primary N) is 1. The van der Waals surface area contributed by atoms with Crippen LogP contribution in [0.5, 0.6) is 0 Å². The smallest absolute Gasteiger partial charge is 0.222 e. The molecule has 1 rings (SSSR count). The van der Waals surface area contributed by atoms with Gasteiger partial charge in [0.05, 0.1) is 6.61 Å². The number of amides is 1. The Kier molecular flexibility index (Phi) is 8.01. The summed E-state index contributed by atoms with van der Waals surface area (Å²) in [5.41, 5.74) is 5.62. The summed E-state index contributed by atoms with van der Waals surface area (Å²) in [5.74, 6) is 0.908. The molecule has 0 aliphatic carbocycles. The first-order valence-electron chi connectivity index (χ1n) is 7.33. The van der Waals surface area contributed by atoms with Gasteiger partial charge in [-0.1, -0.05) is 19.8 Å². The van der Waals surface area contributed by atoms with Crippen LogP contribution in [0.1, 0.15) is 45.4 Å². The zero-order valence-electron chi connectivity index (χ0n) is 11.7. The van der Waals surface area contributed by atoms with Gasteiger partial charge in [-0.05, 0) is 31.7 Å². The molecule has 4 heteroatoms. The van der Waals surface area contributed by atoms with Gasteiger partial charge < -0.3 is 15.4 Å². The van der Waals surface area contributed by atoms with Crippen molar-refractivity contribution in [1.82, 2.24) is 4.90 Å². The molecular weight excluding hydrogens is 228 g/mol. The average Bonchev–Trinajstić information content (AvgIpc) is 2.65. The van der Waals surface area contributed by atoms with E-state index in [-0.39, 0.29) is 0 Å². The van der Waals surface area contributed by atoms with Gasteiger partial charge in [-0.3, -0.25) is 4.79 Å². The van der Waals surface area contributed by atoms with Gasteiger partial charge in [0.15, 0.2) is 0 Å². The average molecular weight is 256 g/mol. The number of nitrogens with zero attached hydrogens (tertiary/aromatic N) is 1. The van der Waals surface area contributed by atoms with Gasteiger partial charge in [0.25, 0.3) is 0 Å². The zero-order chi connectivity index (χ0) is 13.2. The van der Waals surface area contributed by atoms with Gasteiger partial charge in [-0.15, -0.1) is 0 Å². The first-order chi connectivity index (χ1) is 8.77. The van der Waals surface area contributed by atoms with Crippen LogP contribution in [-0.2, 0) is 9.53 Å². The third kappa shape index (κ3) is 5.83. The van der Waals surface area contributed by atoms with Crippen LogP contribution in [-0.4, -0.2) is 43.7 Å². The molecule has 0 radical (unpaired) electrons. The molecule has 1 unspecified atom stereocenters. The van der Waals surface area contributed by atoms with Crippen LogP contribution < -0.4 is 5.73 Å². The lowest BCUT2D eigenvalue weighted by molar-refractivity contribution is -0.131. The number of hydrogen-bond donors (Lipinski definition) is 1. The summed E-state index contributed by atoms with van der Waals surface area (Å²) < 4.78 is 5.37. The van der Waals surface area contributed by atoms with E-state index in [2.05, 4.69) is 6.92 Å². The van der Waals surface area contributed by atoms with Crippen molar-refractivity contribution < 1.29 is 9.53 Å². The van der Waals surface area contributed by atoms with E-state index in [9.17, 15) is 4.79 Å². The Morgan fingerprint density at radius 2 is 2.11 bits per heavy atom. The standard InChI is InChI=1S/C14H28N2O2/c1-2-4-13(7-8-15)5-6-14(17)16-9-3-11-18-12-10-16/h13H,2-12,15H2,1H3. The topological polar surface area (TPSA) is 55.6 Å². The lowest BCUT2D eigenvalue weighted by atomic mass is 9.94. The van der Waals surface area contributed by atoms with Crippen LogP contribution in [0.2, 0.25) is 0 Å². The molecule has 1 heterocycles. The fourth-order valence-corrected chi connectivity index (χ4v) is 2.56. The maximum Gasteiger partial charge on any atom is 0.222 e. The lowest BCUT2D eigenvalue weighted by Gasteiger charge is -2.21.